The monoisotopic (exact) mass is 223 g/mol. The van der Waals surface area contributed by atoms with Crippen molar-refractivity contribution in [2.75, 3.05) is 7.11 Å². The van der Waals surface area contributed by atoms with Gasteiger partial charge in [-0.2, -0.15) is 0 Å². The molecule has 0 fully saturated rings. The number of ether oxygens (including phenoxy) is 1. The summed E-state index contributed by atoms with van der Waals surface area (Å²) in [6, 6.07) is 0. The highest BCUT2D eigenvalue weighted by Crippen LogP contribution is 2.20. The van der Waals surface area contributed by atoms with Gasteiger partial charge in [-0.15, -0.1) is 11.3 Å². The summed E-state index contributed by atoms with van der Waals surface area (Å²) in [5, 5.41) is 7.34. The number of thiophene rings is 1. The predicted molar refractivity (Wildman–Crippen MR) is 51.8 cm³/mol. The summed E-state index contributed by atoms with van der Waals surface area (Å²) < 4.78 is 27.0. The lowest BCUT2D eigenvalue weighted by Gasteiger charge is -1.97. The summed E-state index contributed by atoms with van der Waals surface area (Å²) in [6.07, 6.45) is 0. The molecule has 1 aromatic rings. The van der Waals surface area contributed by atoms with Crippen LogP contribution >= 0.6 is 11.3 Å². The van der Waals surface area contributed by atoms with Gasteiger partial charge in [-0.3, -0.25) is 0 Å². The highest BCUT2D eigenvalue weighted by molar-refractivity contribution is 7.91. The average molecular weight is 223 g/mol. The van der Waals surface area contributed by atoms with Gasteiger partial charge in [0.25, 0.3) is 0 Å². The Morgan fingerprint density at radius 3 is 2.50 bits per heavy atom. The Bertz CT molecular complexity index is 383. The third-order valence-electron chi connectivity index (χ3n) is 1.43. The van der Waals surface area contributed by atoms with Crippen LogP contribution in [0.15, 0.2) is 9.59 Å². The van der Waals surface area contributed by atoms with Crippen molar-refractivity contribution < 1.29 is 13.2 Å². The molecule has 0 saturated heterocycles. The van der Waals surface area contributed by atoms with Crippen molar-refractivity contribution in [2.24, 2.45) is 5.14 Å². The lowest BCUT2D eigenvalue weighted by atomic mass is 10.6. The molecular weight excluding hydrogens is 214 g/mol. The Kier molecular flexibility index (Phi) is 2.57. The van der Waals surface area contributed by atoms with Crippen LogP contribution < -0.4 is 15.1 Å². The number of hydrogen-bond donors (Lipinski definition) is 1. The van der Waals surface area contributed by atoms with E-state index in [1.165, 1.54) is 7.11 Å². The van der Waals surface area contributed by atoms with Crippen molar-refractivity contribution in [3.8, 4) is 5.75 Å². The maximum atomic E-state index is 10.9. The van der Waals surface area contributed by atoms with E-state index in [9.17, 15) is 8.42 Å². The summed E-state index contributed by atoms with van der Waals surface area (Å²) in [6.45, 7) is 0. The third-order valence-corrected chi connectivity index (χ3v) is 5.81. The molecule has 0 unspecified atom stereocenters. The first-order valence-electron chi connectivity index (χ1n) is 3.11. The highest BCUT2D eigenvalue weighted by Gasteiger charge is 2.16. The van der Waals surface area contributed by atoms with E-state index in [0.29, 0.717) is 21.2 Å². The zero-order valence-electron chi connectivity index (χ0n) is 6.70. The molecule has 0 aliphatic carbocycles. The van der Waals surface area contributed by atoms with E-state index in [4.69, 9.17) is 9.88 Å². The molecule has 0 atom stereocenters. The molecule has 0 aromatic carbocycles. The molecule has 2 N–H and O–H groups in total. The third kappa shape index (κ3) is 1.68. The van der Waals surface area contributed by atoms with Crippen LogP contribution in [-0.4, -0.2) is 25.8 Å². The van der Waals surface area contributed by atoms with E-state index in [-0.39, 0.29) is 4.21 Å². The smallest absolute Gasteiger partial charge is 0.247 e. The van der Waals surface area contributed by atoms with Gasteiger partial charge in [-0.05, 0) is 0 Å². The van der Waals surface area contributed by atoms with Gasteiger partial charge in [-0.1, -0.05) is 0 Å². The Hall–Kier alpha value is -0.373. The Balaban J connectivity index is 3.30. The van der Waals surface area contributed by atoms with Crippen LogP contribution in [-0.2, 0) is 10.0 Å². The number of rotatable bonds is 2. The maximum absolute atomic E-state index is 10.9. The van der Waals surface area contributed by atoms with Gasteiger partial charge < -0.3 is 4.74 Å². The van der Waals surface area contributed by atoms with Crippen LogP contribution in [0.2, 0.25) is 0 Å². The van der Waals surface area contributed by atoms with Crippen molar-refractivity contribution in [1.29, 1.82) is 0 Å². The Morgan fingerprint density at radius 1 is 1.67 bits per heavy atom. The van der Waals surface area contributed by atoms with Crippen molar-refractivity contribution in [1.82, 2.24) is 0 Å². The molecule has 4 nitrogen and oxygen atoms in total. The van der Waals surface area contributed by atoms with Gasteiger partial charge in [0, 0.05) is 20.8 Å². The SMILES string of the molecule is COc1csc(S(N)(=O)=O)c1[SiH3]. The second-order valence-corrected chi connectivity index (χ2v) is 5.90. The first kappa shape index (κ1) is 9.71. The molecule has 1 rings (SSSR count). The first-order chi connectivity index (χ1) is 5.46. The fourth-order valence-electron chi connectivity index (χ4n) is 0.866. The van der Waals surface area contributed by atoms with E-state index in [1.807, 2.05) is 0 Å². The van der Waals surface area contributed by atoms with Gasteiger partial charge >= 0.3 is 0 Å². The fourth-order valence-corrected chi connectivity index (χ4v) is 4.60. The quantitative estimate of drug-likeness (QED) is 0.614. The molecule has 0 saturated carbocycles. The molecule has 0 radical (unpaired) electrons. The molecule has 0 spiro atoms. The van der Waals surface area contributed by atoms with E-state index in [1.54, 1.807) is 5.38 Å². The van der Waals surface area contributed by atoms with Gasteiger partial charge in [0.05, 0.1) is 7.11 Å². The zero-order chi connectivity index (χ0) is 9.35. The molecule has 0 aliphatic heterocycles. The van der Waals surface area contributed by atoms with Crippen LogP contribution in [0.5, 0.6) is 5.75 Å². The van der Waals surface area contributed by atoms with Crippen molar-refractivity contribution in [3.63, 3.8) is 0 Å². The summed E-state index contributed by atoms with van der Waals surface area (Å²) in [4.78, 5) is 0. The molecule has 68 valence electrons. The van der Waals surface area contributed by atoms with Crippen LogP contribution in [0.25, 0.3) is 0 Å². The number of methoxy groups -OCH3 is 1. The van der Waals surface area contributed by atoms with E-state index in [0.717, 1.165) is 11.3 Å². The van der Waals surface area contributed by atoms with Gasteiger partial charge in [0.15, 0.2) is 0 Å². The molecule has 0 aliphatic rings. The zero-order valence-corrected chi connectivity index (χ0v) is 10.3. The fraction of sp³-hybridized carbons (Fsp3) is 0.200. The largest absolute Gasteiger partial charge is 0.496 e. The van der Waals surface area contributed by atoms with Crippen LogP contribution in [0.1, 0.15) is 0 Å². The Morgan fingerprint density at radius 2 is 2.25 bits per heavy atom. The molecule has 1 heterocycles. The minimum Gasteiger partial charge on any atom is -0.496 e. The van der Waals surface area contributed by atoms with E-state index < -0.39 is 10.0 Å². The maximum Gasteiger partial charge on any atom is 0.247 e. The molecular formula is C5H9NO3S2Si. The van der Waals surface area contributed by atoms with Crippen LogP contribution in [0, 0.1) is 0 Å². The second-order valence-electron chi connectivity index (χ2n) is 2.26. The first-order valence-corrected chi connectivity index (χ1v) is 6.54. The van der Waals surface area contributed by atoms with Crippen molar-refractivity contribution in [3.05, 3.63) is 5.38 Å². The standard InChI is InChI=1S/C5H9NO3S2Si/c1-9-3-2-10-5(4(3)12)11(6,7)8/h2H,1,12H3,(H2,6,7,8). The van der Waals surface area contributed by atoms with Crippen LogP contribution in [0.3, 0.4) is 0 Å². The van der Waals surface area contributed by atoms with Crippen molar-refractivity contribution >= 4 is 36.8 Å². The Labute approximate surface area is 77.8 Å². The normalized spacial score (nSPS) is 11.8. The topological polar surface area (TPSA) is 69.4 Å². The average Bonchev–Trinajstić information content (AvgIpc) is 2.29. The second kappa shape index (κ2) is 3.17. The number of nitrogens with two attached hydrogens (primary N) is 1. The lowest BCUT2D eigenvalue weighted by molar-refractivity contribution is 0.419. The van der Waals surface area contributed by atoms with Crippen LogP contribution in [0.4, 0.5) is 0 Å². The minimum absolute atomic E-state index is 0.228. The molecule has 1 aromatic heterocycles. The number of sulfonamides is 1. The van der Waals surface area contributed by atoms with Gasteiger partial charge in [0.1, 0.15) is 9.96 Å². The summed E-state index contributed by atoms with van der Waals surface area (Å²) in [7, 11) is -1.42. The van der Waals surface area contributed by atoms with E-state index >= 15 is 0 Å². The summed E-state index contributed by atoms with van der Waals surface area (Å²) in [5.41, 5.74) is 0. The van der Waals surface area contributed by atoms with Crippen molar-refractivity contribution in [2.45, 2.75) is 4.21 Å². The minimum atomic E-state index is -3.55. The summed E-state index contributed by atoms with van der Waals surface area (Å²) in [5.74, 6) is 0.621. The van der Waals surface area contributed by atoms with Gasteiger partial charge in [-0.25, -0.2) is 13.6 Å². The van der Waals surface area contributed by atoms with Gasteiger partial charge in [0.2, 0.25) is 10.0 Å². The molecule has 0 amide bonds. The molecule has 0 bridgehead atoms. The van der Waals surface area contributed by atoms with E-state index in [2.05, 4.69) is 0 Å². The lowest BCUT2D eigenvalue weighted by Crippen LogP contribution is -2.19. The highest BCUT2D eigenvalue weighted by atomic mass is 32.2. The number of primary sulfonamides is 1. The molecule has 7 heteroatoms. The molecule has 12 heavy (non-hydrogen) atoms. The summed E-state index contributed by atoms with van der Waals surface area (Å²) >= 11 is 1.10. The predicted octanol–water partition coefficient (Wildman–Crippen LogP) is -1.61. The number of hydrogen-bond acceptors (Lipinski definition) is 4.